The van der Waals surface area contributed by atoms with Crippen LogP contribution in [0, 0.1) is 6.92 Å². The molecule has 7 heteroatoms. The third-order valence-corrected chi connectivity index (χ3v) is 7.37. The normalized spacial score (nSPS) is 11.6. The van der Waals surface area contributed by atoms with Gasteiger partial charge in [-0.05, 0) is 40.5 Å². The van der Waals surface area contributed by atoms with Gasteiger partial charge in [-0.15, -0.1) is 0 Å². The van der Waals surface area contributed by atoms with Gasteiger partial charge in [0.05, 0.1) is 6.61 Å². The molecule has 0 unspecified atom stereocenters. The van der Waals surface area contributed by atoms with Crippen LogP contribution in [-0.4, -0.2) is 47.9 Å². The molecule has 1 amide bonds. The molecule has 0 rings (SSSR count). The van der Waals surface area contributed by atoms with Gasteiger partial charge in [-0.2, -0.15) is 0 Å². The number of hydrogen-bond acceptors (Lipinski definition) is 5. The van der Waals surface area contributed by atoms with Gasteiger partial charge >= 0.3 is 14.9 Å². The summed E-state index contributed by atoms with van der Waals surface area (Å²) in [7, 11) is -2.45. The first-order valence-electron chi connectivity index (χ1n) is 10.8. The maximum atomic E-state index is 11.1. The first kappa shape index (κ1) is 26.4. The number of hydrogen-bond donors (Lipinski definition) is 1. The standard InChI is InChI=1S/C20H42NO5Si/c1-5-21-20(22)23-18-16-14-12-10-9-11-13-15-17-19-27(24-6-2,25-7-3)26-8-4/h1,5-19H2,2-4H3,(H,21,22). The molecule has 0 atom stereocenters. The van der Waals surface area contributed by atoms with E-state index in [0.717, 1.165) is 25.3 Å². The minimum absolute atomic E-state index is 0.366. The van der Waals surface area contributed by atoms with Gasteiger partial charge < -0.3 is 23.3 Å². The van der Waals surface area contributed by atoms with E-state index in [1.54, 1.807) is 0 Å². The minimum Gasteiger partial charge on any atom is -0.450 e. The Morgan fingerprint density at radius 2 is 1.22 bits per heavy atom. The van der Waals surface area contributed by atoms with Crippen LogP contribution in [0.4, 0.5) is 4.79 Å². The maximum absolute atomic E-state index is 11.1. The minimum atomic E-state index is -2.45. The van der Waals surface area contributed by atoms with Crippen LogP contribution in [0.25, 0.3) is 0 Å². The highest BCUT2D eigenvalue weighted by Gasteiger charge is 2.39. The molecule has 0 bridgehead atoms. The smallest absolute Gasteiger partial charge is 0.450 e. The van der Waals surface area contributed by atoms with Crippen LogP contribution in [0.3, 0.4) is 0 Å². The summed E-state index contributed by atoms with van der Waals surface area (Å²) in [5.41, 5.74) is 0. The molecule has 1 N–H and O–H groups in total. The molecule has 0 aromatic carbocycles. The zero-order valence-electron chi connectivity index (χ0n) is 17.9. The van der Waals surface area contributed by atoms with E-state index in [4.69, 9.17) is 18.0 Å². The third-order valence-electron chi connectivity index (χ3n) is 4.22. The van der Waals surface area contributed by atoms with Gasteiger partial charge in [0.15, 0.2) is 0 Å². The van der Waals surface area contributed by atoms with Crippen molar-refractivity contribution in [2.24, 2.45) is 0 Å². The van der Waals surface area contributed by atoms with Gasteiger partial charge in [0, 0.05) is 32.4 Å². The van der Waals surface area contributed by atoms with Crippen molar-refractivity contribution in [3.05, 3.63) is 6.92 Å². The predicted molar refractivity (Wildman–Crippen MR) is 112 cm³/mol. The van der Waals surface area contributed by atoms with Crippen molar-refractivity contribution in [1.29, 1.82) is 0 Å². The molecular formula is C20H42NO5Si. The lowest BCUT2D eigenvalue weighted by Crippen LogP contribution is -2.45. The molecular weight excluding hydrogens is 362 g/mol. The average Bonchev–Trinajstić information content (AvgIpc) is 2.63. The highest BCUT2D eigenvalue weighted by Crippen LogP contribution is 2.20. The molecule has 0 saturated carbocycles. The van der Waals surface area contributed by atoms with Gasteiger partial charge in [0.1, 0.15) is 0 Å². The van der Waals surface area contributed by atoms with E-state index in [1.807, 2.05) is 20.8 Å². The largest absolute Gasteiger partial charge is 0.500 e. The summed E-state index contributed by atoms with van der Waals surface area (Å²) in [5.74, 6) is 0. The number of alkyl carbamates (subject to hydrolysis) is 1. The summed E-state index contributed by atoms with van der Waals surface area (Å²) in [6.07, 6.45) is 10.2. The zero-order valence-corrected chi connectivity index (χ0v) is 18.9. The van der Waals surface area contributed by atoms with Gasteiger partial charge in [0.25, 0.3) is 0 Å². The van der Waals surface area contributed by atoms with Crippen LogP contribution in [0.1, 0.15) is 78.6 Å². The molecule has 6 nitrogen and oxygen atoms in total. The van der Waals surface area contributed by atoms with E-state index < -0.39 is 8.80 Å². The van der Waals surface area contributed by atoms with Crippen LogP contribution in [0.15, 0.2) is 0 Å². The van der Waals surface area contributed by atoms with Crippen LogP contribution in [0.2, 0.25) is 6.04 Å². The monoisotopic (exact) mass is 404 g/mol. The Morgan fingerprint density at radius 1 is 0.778 bits per heavy atom. The Hall–Kier alpha value is -0.633. The van der Waals surface area contributed by atoms with Crippen molar-refractivity contribution in [3.8, 4) is 0 Å². The Balaban J connectivity index is 3.58. The van der Waals surface area contributed by atoms with Crippen LogP contribution < -0.4 is 5.32 Å². The Morgan fingerprint density at radius 3 is 1.67 bits per heavy atom. The van der Waals surface area contributed by atoms with E-state index in [0.29, 0.717) is 33.0 Å². The fourth-order valence-electron chi connectivity index (χ4n) is 3.00. The lowest BCUT2D eigenvalue weighted by Gasteiger charge is -2.28. The molecule has 0 aliphatic heterocycles. The van der Waals surface area contributed by atoms with Crippen LogP contribution >= 0.6 is 0 Å². The SMILES string of the molecule is [CH2]CNC(=O)OCCCCCCCCCCC[Si](OCC)(OCC)OCC. The fraction of sp³-hybridized carbons (Fsp3) is 0.900. The second-order valence-electron chi connectivity index (χ2n) is 6.48. The Bertz CT molecular complexity index is 327. The van der Waals surface area contributed by atoms with Crippen molar-refractivity contribution in [2.45, 2.75) is 84.6 Å². The van der Waals surface area contributed by atoms with Crippen molar-refractivity contribution in [3.63, 3.8) is 0 Å². The fourth-order valence-corrected chi connectivity index (χ4v) is 5.69. The molecule has 0 aromatic rings. The van der Waals surface area contributed by atoms with Crippen molar-refractivity contribution in [2.75, 3.05) is 33.0 Å². The molecule has 0 aromatic heterocycles. The van der Waals surface area contributed by atoms with E-state index in [-0.39, 0.29) is 6.09 Å². The molecule has 0 aliphatic rings. The number of nitrogens with one attached hydrogen (secondary N) is 1. The molecule has 0 aliphatic carbocycles. The second-order valence-corrected chi connectivity index (χ2v) is 9.21. The average molecular weight is 405 g/mol. The van der Waals surface area contributed by atoms with E-state index >= 15 is 0 Å². The number of amides is 1. The second kappa shape index (κ2) is 18.7. The van der Waals surface area contributed by atoms with Crippen molar-refractivity contribution in [1.82, 2.24) is 5.32 Å². The van der Waals surface area contributed by atoms with Gasteiger partial charge in [-0.3, -0.25) is 0 Å². The summed E-state index contributed by atoms with van der Waals surface area (Å²) in [5, 5.41) is 2.52. The van der Waals surface area contributed by atoms with Gasteiger partial charge in [-0.1, -0.05) is 44.9 Å². The molecule has 0 heterocycles. The summed E-state index contributed by atoms with van der Waals surface area (Å²) >= 11 is 0. The number of rotatable bonds is 19. The highest BCUT2D eigenvalue weighted by atomic mass is 28.4. The topological polar surface area (TPSA) is 66.0 Å². The van der Waals surface area contributed by atoms with Gasteiger partial charge in [-0.25, -0.2) is 4.79 Å². The molecule has 0 saturated heterocycles. The quantitative estimate of drug-likeness (QED) is 0.239. The summed E-state index contributed by atoms with van der Waals surface area (Å²) in [4.78, 5) is 11.1. The Kier molecular flexibility index (Phi) is 18.3. The first-order valence-corrected chi connectivity index (χ1v) is 12.7. The predicted octanol–water partition coefficient (Wildman–Crippen LogP) is 5.11. The van der Waals surface area contributed by atoms with Crippen molar-refractivity contribution >= 4 is 14.9 Å². The highest BCUT2D eigenvalue weighted by molar-refractivity contribution is 6.60. The van der Waals surface area contributed by atoms with Gasteiger partial charge in [0.2, 0.25) is 0 Å². The third kappa shape index (κ3) is 15.0. The summed E-state index contributed by atoms with van der Waals surface area (Å²) in [6.45, 7) is 12.4. The number of unbranched alkanes of at least 4 members (excludes halogenated alkanes) is 8. The zero-order chi connectivity index (χ0) is 20.2. The molecule has 161 valence electrons. The number of carbonyl (C=O) groups is 1. The van der Waals surface area contributed by atoms with E-state index in [1.165, 1.54) is 38.5 Å². The van der Waals surface area contributed by atoms with E-state index in [2.05, 4.69) is 12.2 Å². The Labute approximate surface area is 168 Å². The van der Waals surface area contributed by atoms with Crippen molar-refractivity contribution < 1.29 is 22.8 Å². The lowest BCUT2D eigenvalue weighted by molar-refractivity contribution is 0.0706. The maximum Gasteiger partial charge on any atom is 0.500 e. The van der Waals surface area contributed by atoms with E-state index in [9.17, 15) is 4.79 Å². The lowest BCUT2D eigenvalue weighted by atomic mass is 10.1. The first-order chi connectivity index (χ1) is 13.1. The number of ether oxygens (including phenoxy) is 1. The summed E-state index contributed by atoms with van der Waals surface area (Å²) < 4.78 is 22.7. The summed E-state index contributed by atoms with van der Waals surface area (Å²) in [6, 6.07) is 0.921. The van der Waals surface area contributed by atoms with Crippen LogP contribution in [0.5, 0.6) is 0 Å². The molecule has 27 heavy (non-hydrogen) atoms. The molecule has 0 spiro atoms. The molecule has 0 fully saturated rings. The molecule has 1 radical (unpaired) electrons. The number of carbonyl (C=O) groups excluding carboxylic acids is 1. The van der Waals surface area contributed by atoms with Crippen LogP contribution in [-0.2, 0) is 18.0 Å².